The molecule has 1 aliphatic rings. The summed E-state index contributed by atoms with van der Waals surface area (Å²) < 4.78 is 3.58. The average Bonchev–Trinajstić information content (AvgIpc) is 3.04. The highest BCUT2D eigenvalue weighted by Crippen LogP contribution is 2.38. The third-order valence-corrected chi connectivity index (χ3v) is 6.42. The van der Waals surface area contributed by atoms with Crippen LogP contribution in [-0.2, 0) is 19.6 Å². The summed E-state index contributed by atoms with van der Waals surface area (Å²) in [5, 5.41) is 3.74. The molecule has 1 saturated carbocycles. The van der Waals surface area contributed by atoms with Gasteiger partial charge in [-0.1, -0.05) is 47.0 Å². The number of aromatic amines is 1. The monoisotopic (exact) mass is 403 g/mol. The van der Waals surface area contributed by atoms with E-state index in [-0.39, 0.29) is 16.7 Å². The molecule has 0 aromatic carbocycles. The number of nitrogens with one attached hydrogen (secondary N) is 2. The molecule has 7 nitrogen and oxygen atoms in total. The molecule has 2 aromatic heterocycles. The van der Waals surface area contributed by atoms with E-state index < -0.39 is 0 Å². The molecule has 0 amide bonds. The molecule has 1 aliphatic carbocycles. The van der Waals surface area contributed by atoms with Gasteiger partial charge in [0.1, 0.15) is 5.82 Å². The van der Waals surface area contributed by atoms with Crippen molar-refractivity contribution in [3.63, 3.8) is 0 Å². The highest BCUT2D eigenvalue weighted by molar-refractivity contribution is 5.71. The van der Waals surface area contributed by atoms with Crippen LogP contribution in [0, 0.1) is 11.3 Å². The minimum atomic E-state index is -0.365. The van der Waals surface area contributed by atoms with Crippen LogP contribution in [0.2, 0.25) is 0 Å². The first kappa shape index (κ1) is 21.8. The highest BCUT2D eigenvalue weighted by atomic mass is 16.2. The lowest BCUT2D eigenvalue weighted by Gasteiger charge is -2.41. The molecule has 1 fully saturated rings. The molecule has 0 bridgehead atoms. The minimum Gasteiger partial charge on any atom is -0.321 e. The van der Waals surface area contributed by atoms with Crippen LogP contribution >= 0.6 is 0 Å². The molecule has 0 radical (unpaired) electrons. The fourth-order valence-corrected chi connectivity index (χ4v) is 4.85. The second-order valence-electron chi connectivity index (χ2n) is 9.45. The Balaban J connectivity index is 1.94. The predicted molar refractivity (Wildman–Crippen MR) is 117 cm³/mol. The van der Waals surface area contributed by atoms with Gasteiger partial charge in [0.05, 0.1) is 6.54 Å². The summed E-state index contributed by atoms with van der Waals surface area (Å²) in [5.74, 6) is 1.46. The van der Waals surface area contributed by atoms with E-state index >= 15 is 0 Å². The first-order chi connectivity index (χ1) is 13.8. The molecule has 0 spiro atoms. The lowest BCUT2D eigenvalue weighted by atomic mass is 9.69. The maximum absolute atomic E-state index is 12.6. The van der Waals surface area contributed by atoms with E-state index in [0.29, 0.717) is 42.8 Å². The van der Waals surface area contributed by atoms with Crippen LogP contribution in [0.5, 0.6) is 0 Å². The molecule has 29 heavy (non-hydrogen) atoms. The van der Waals surface area contributed by atoms with Gasteiger partial charge in [-0.05, 0) is 37.5 Å². The number of hydrogen-bond donors (Lipinski definition) is 2. The Hall–Kier alpha value is -1.89. The fraction of sp³-hybridized carbons (Fsp3) is 0.773. The Morgan fingerprint density at radius 3 is 2.52 bits per heavy atom. The quantitative estimate of drug-likeness (QED) is 0.742. The van der Waals surface area contributed by atoms with Gasteiger partial charge in [0.25, 0.3) is 5.56 Å². The topological polar surface area (TPSA) is 84.7 Å². The molecule has 7 heteroatoms. The van der Waals surface area contributed by atoms with Crippen molar-refractivity contribution in [3.05, 3.63) is 26.7 Å². The first-order valence-electron chi connectivity index (χ1n) is 11.2. The first-order valence-corrected chi connectivity index (χ1v) is 11.2. The summed E-state index contributed by atoms with van der Waals surface area (Å²) in [6.45, 7) is 12.9. The van der Waals surface area contributed by atoms with Crippen molar-refractivity contribution >= 4 is 11.2 Å². The van der Waals surface area contributed by atoms with Gasteiger partial charge >= 0.3 is 5.69 Å². The Labute approximate surface area is 172 Å². The van der Waals surface area contributed by atoms with Crippen molar-refractivity contribution < 1.29 is 0 Å². The maximum atomic E-state index is 12.6. The van der Waals surface area contributed by atoms with Crippen LogP contribution < -0.4 is 16.6 Å². The zero-order valence-corrected chi connectivity index (χ0v) is 18.7. The summed E-state index contributed by atoms with van der Waals surface area (Å²) in [5.41, 5.74) is 0.582. The maximum Gasteiger partial charge on any atom is 0.330 e. The fourth-order valence-electron chi connectivity index (χ4n) is 4.85. The molecule has 0 saturated heterocycles. The highest BCUT2D eigenvalue weighted by Gasteiger charge is 2.34. The number of nitrogens with zero attached hydrogens (tertiary/aromatic N) is 3. The van der Waals surface area contributed by atoms with E-state index in [1.807, 2.05) is 11.5 Å². The minimum absolute atomic E-state index is 0.265. The van der Waals surface area contributed by atoms with Crippen molar-refractivity contribution in [2.45, 2.75) is 98.8 Å². The molecule has 0 aliphatic heterocycles. The smallest absolute Gasteiger partial charge is 0.321 e. The van der Waals surface area contributed by atoms with Gasteiger partial charge in [-0.2, -0.15) is 0 Å². The number of unbranched alkanes of at least 4 members (excludes halogenated alkanes) is 1. The van der Waals surface area contributed by atoms with Crippen molar-refractivity contribution in [1.82, 2.24) is 24.4 Å². The molecule has 2 heterocycles. The number of imidazole rings is 1. The molecule has 2 N–H and O–H groups in total. The number of rotatable bonds is 7. The Morgan fingerprint density at radius 1 is 1.14 bits per heavy atom. The van der Waals surface area contributed by atoms with E-state index in [9.17, 15) is 9.59 Å². The van der Waals surface area contributed by atoms with Crippen molar-refractivity contribution in [2.75, 3.05) is 0 Å². The second kappa shape index (κ2) is 8.86. The number of aryl methyl sites for hydroxylation is 2. The lowest BCUT2D eigenvalue weighted by molar-refractivity contribution is 0.129. The summed E-state index contributed by atoms with van der Waals surface area (Å²) in [6, 6.07) is 0.453. The van der Waals surface area contributed by atoms with Gasteiger partial charge in [-0.3, -0.25) is 14.3 Å². The van der Waals surface area contributed by atoms with Crippen LogP contribution in [0.4, 0.5) is 0 Å². The Morgan fingerprint density at radius 2 is 1.86 bits per heavy atom. The second-order valence-corrected chi connectivity index (χ2v) is 9.45. The zero-order chi connectivity index (χ0) is 21.2. The summed E-state index contributed by atoms with van der Waals surface area (Å²) in [6.07, 6.45) is 6.84. The van der Waals surface area contributed by atoms with Gasteiger partial charge in [0, 0.05) is 19.1 Å². The molecule has 2 aromatic rings. The van der Waals surface area contributed by atoms with Crippen molar-refractivity contribution in [3.8, 4) is 0 Å². The number of H-pyrrole nitrogens is 1. The average molecular weight is 404 g/mol. The largest absolute Gasteiger partial charge is 0.330 e. The molecular formula is C22H37N5O2. The standard InChI is InChI=1S/C22H37N5O2/c1-6-8-13-27-19-18(20(28)25-21(27)29)26(7-2)17(24-19)14-23-16-12-10-9-11-15(16)22(3,4)5/h15-16,23H,6-14H2,1-5H3,(H,25,28,29). The van der Waals surface area contributed by atoms with Crippen molar-refractivity contribution in [2.24, 2.45) is 11.3 Å². The molecule has 3 rings (SSSR count). The Bertz CT molecular complexity index is 947. The molecule has 2 unspecified atom stereocenters. The van der Waals surface area contributed by atoms with Gasteiger partial charge in [-0.15, -0.1) is 0 Å². The summed E-state index contributed by atoms with van der Waals surface area (Å²) in [7, 11) is 0. The molecule has 2 atom stereocenters. The van der Waals surface area contributed by atoms with Crippen LogP contribution in [0.1, 0.15) is 79.0 Å². The number of hydrogen-bond acceptors (Lipinski definition) is 4. The van der Waals surface area contributed by atoms with Crippen LogP contribution in [0.15, 0.2) is 9.59 Å². The van der Waals surface area contributed by atoms with E-state index in [0.717, 1.165) is 18.7 Å². The number of fused-ring (bicyclic) bond motifs is 1. The van der Waals surface area contributed by atoms with E-state index in [1.165, 1.54) is 25.7 Å². The van der Waals surface area contributed by atoms with Crippen LogP contribution in [0.25, 0.3) is 11.2 Å². The van der Waals surface area contributed by atoms with Crippen LogP contribution in [0.3, 0.4) is 0 Å². The zero-order valence-electron chi connectivity index (χ0n) is 18.7. The Kier molecular flexibility index (Phi) is 6.66. The van der Waals surface area contributed by atoms with Gasteiger partial charge < -0.3 is 9.88 Å². The third-order valence-electron chi connectivity index (χ3n) is 6.42. The van der Waals surface area contributed by atoms with Crippen LogP contribution in [-0.4, -0.2) is 25.1 Å². The SMILES string of the molecule is CCCCn1c(=O)[nH]c(=O)c2c1nc(CNC1CCCCC1C(C)(C)C)n2CC. The molecular weight excluding hydrogens is 366 g/mol. The third kappa shape index (κ3) is 4.49. The number of aromatic nitrogens is 4. The normalized spacial score (nSPS) is 20.4. The van der Waals surface area contributed by atoms with Gasteiger partial charge in [-0.25, -0.2) is 9.78 Å². The summed E-state index contributed by atoms with van der Waals surface area (Å²) >= 11 is 0. The van der Waals surface area contributed by atoms with E-state index in [1.54, 1.807) is 4.57 Å². The summed E-state index contributed by atoms with van der Waals surface area (Å²) in [4.78, 5) is 32.2. The van der Waals surface area contributed by atoms with E-state index in [2.05, 4.69) is 38.0 Å². The van der Waals surface area contributed by atoms with Gasteiger partial charge in [0.2, 0.25) is 0 Å². The van der Waals surface area contributed by atoms with Gasteiger partial charge in [0.15, 0.2) is 11.2 Å². The lowest BCUT2D eigenvalue weighted by Crippen LogP contribution is -2.44. The van der Waals surface area contributed by atoms with E-state index in [4.69, 9.17) is 4.98 Å². The molecule has 162 valence electrons. The van der Waals surface area contributed by atoms with Crippen molar-refractivity contribution in [1.29, 1.82) is 0 Å². The predicted octanol–water partition coefficient (Wildman–Crippen LogP) is 3.40.